The van der Waals surface area contributed by atoms with E-state index in [2.05, 4.69) is 6.07 Å². The lowest BCUT2D eigenvalue weighted by atomic mass is 10.2. The van der Waals surface area contributed by atoms with E-state index in [9.17, 15) is 4.79 Å². The fraction of sp³-hybridized carbons (Fsp3) is 0. The molecule has 1 aromatic carbocycles. The van der Waals surface area contributed by atoms with Crippen LogP contribution in [0.1, 0.15) is 9.67 Å². The summed E-state index contributed by atoms with van der Waals surface area (Å²) in [7, 11) is 0. The molecule has 2 aromatic rings. The molecule has 3 heteroatoms. The maximum atomic E-state index is 10.6. The Morgan fingerprint density at radius 1 is 1.58 bits per heavy atom. The van der Waals surface area contributed by atoms with E-state index >= 15 is 0 Å². The lowest BCUT2D eigenvalue weighted by Gasteiger charge is -1.81. The van der Waals surface area contributed by atoms with Gasteiger partial charge in [0.25, 0.3) is 0 Å². The number of carboxylic acids is 1. The average Bonchev–Trinajstić information content (AvgIpc) is 2.46. The Morgan fingerprint density at radius 2 is 2.42 bits per heavy atom. The highest BCUT2D eigenvalue weighted by molar-refractivity contribution is 7.20. The SMILES string of the molecule is O=C(O)c1cc2[c]cccc2s1. The highest BCUT2D eigenvalue weighted by atomic mass is 32.1. The number of aromatic carboxylic acids is 1. The molecule has 0 aliphatic heterocycles. The lowest BCUT2D eigenvalue weighted by molar-refractivity contribution is 0.0702. The van der Waals surface area contributed by atoms with Crippen molar-refractivity contribution in [3.8, 4) is 0 Å². The van der Waals surface area contributed by atoms with E-state index in [-0.39, 0.29) is 0 Å². The summed E-state index contributed by atoms with van der Waals surface area (Å²) in [4.78, 5) is 10.9. The lowest BCUT2D eigenvalue weighted by Crippen LogP contribution is -1.89. The van der Waals surface area contributed by atoms with Crippen molar-refractivity contribution in [3.63, 3.8) is 0 Å². The molecule has 0 aliphatic carbocycles. The Kier molecular flexibility index (Phi) is 1.59. The Balaban J connectivity index is 2.70. The predicted molar refractivity (Wildman–Crippen MR) is 47.6 cm³/mol. The summed E-state index contributed by atoms with van der Waals surface area (Å²) in [6, 6.07) is 10.1. The zero-order valence-electron chi connectivity index (χ0n) is 6.07. The van der Waals surface area contributed by atoms with Crippen molar-refractivity contribution < 1.29 is 9.90 Å². The summed E-state index contributed by atoms with van der Waals surface area (Å²) in [6.07, 6.45) is 0. The van der Waals surface area contributed by atoms with E-state index in [0.717, 1.165) is 10.1 Å². The molecule has 0 saturated carbocycles. The molecule has 1 radical (unpaired) electrons. The standard InChI is InChI=1S/C9H5O2S/c10-9(11)8-5-6-3-1-2-4-7(6)12-8/h1-2,4-5H,(H,10,11). The summed E-state index contributed by atoms with van der Waals surface area (Å²) in [5, 5.41) is 9.56. The molecule has 0 bridgehead atoms. The second kappa shape index (κ2) is 2.60. The van der Waals surface area contributed by atoms with E-state index in [1.54, 1.807) is 12.1 Å². The fourth-order valence-corrected chi connectivity index (χ4v) is 1.90. The smallest absolute Gasteiger partial charge is 0.345 e. The molecule has 2 nitrogen and oxygen atoms in total. The molecule has 0 amide bonds. The molecule has 1 aromatic heterocycles. The van der Waals surface area contributed by atoms with Crippen LogP contribution in [0.4, 0.5) is 0 Å². The number of hydrogen-bond acceptors (Lipinski definition) is 2. The third-order valence-corrected chi connectivity index (χ3v) is 2.64. The molecule has 0 aliphatic rings. The minimum absolute atomic E-state index is 0.368. The van der Waals surface area contributed by atoms with Gasteiger partial charge in [-0.05, 0) is 18.2 Å². The fourth-order valence-electron chi connectivity index (χ4n) is 1.02. The number of rotatable bonds is 1. The molecule has 12 heavy (non-hydrogen) atoms. The van der Waals surface area contributed by atoms with Gasteiger partial charge in [0.1, 0.15) is 4.88 Å². The number of thiophene rings is 1. The maximum absolute atomic E-state index is 10.6. The van der Waals surface area contributed by atoms with E-state index in [1.165, 1.54) is 11.3 Å². The van der Waals surface area contributed by atoms with E-state index in [4.69, 9.17) is 5.11 Å². The van der Waals surface area contributed by atoms with Crippen LogP contribution in [0.3, 0.4) is 0 Å². The topological polar surface area (TPSA) is 37.3 Å². The molecular weight excluding hydrogens is 172 g/mol. The minimum Gasteiger partial charge on any atom is -0.477 e. The van der Waals surface area contributed by atoms with Crippen molar-refractivity contribution in [3.05, 3.63) is 35.2 Å². The summed E-state index contributed by atoms with van der Waals surface area (Å²) in [5.41, 5.74) is 0. The Morgan fingerprint density at radius 3 is 3.08 bits per heavy atom. The molecule has 0 saturated heterocycles. The van der Waals surface area contributed by atoms with Crippen molar-refractivity contribution >= 4 is 27.4 Å². The number of carboxylic acid groups (broad SMARTS) is 1. The van der Waals surface area contributed by atoms with Crippen LogP contribution in [0.2, 0.25) is 0 Å². The van der Waals surface area contributed by atoms with Gasteiger partial charge in [-0.1, -0.05) is 12.1 Å². The first-order valence-electron chi connectivity index (χ1n) is 3.41. The quantitative estimate of drug-likeness (QED) is 0.726. The molecular formula is C9H5O2S. The maximum Gasteiger partial charge on any atom is 0.345 e. The molecule has 0 spiro atoms. The number of fused-ring (bicyclic) bond motifs is 1. The predicted octanol–water partition coefficient (Wildman–Crippen LogP) is 2.40. The minimum atomic E-state index is -0.871. The first-order valence-corrected chi connectivity index (χ1v) is 4.22. The van der Waals surface area contributed by atoms with Crippen LogP contribution < -0.4 is 0 Å². The van der Waals surface area contributed by atoms with Crippen LogP contribution in [0, 0.1) is 6.07 Å². The number of benzene rings is 1. The second-order valence-electron chi connectivity index (χ2n) is 2.36. The molecule has 59 valence electrons. The van der Waals surface area contributed by atoms with Crippen LogP contribution in [-0.4, -0.2) is 11.1 Å². The van der Waals surface area contributed by atoms with Gasteiger partial charge in [0, 0.05) is 10.1 Å². The highest BCUT2D eigenvalue weighted by Gasteiger charge is 2.06. The number of carbonyl (C=O) groups is 1. The summed E-state index contributed by atoms with van der Waals surface area (Å²) in [5.74, 6) is -0.871. The molecule has 2 rings (SSSR count). The first kappa shape index (κ1) is 7.31. The zero-order chi connectivity index (χ0) is 8.55. The normalized spacial score (nSPS) is 10.3. The third kappa shape index (κ3) is 1.08. The van der Waals surface area contributed by atoms with Crippen molar-refractivity contribution in [2.45, 2.75) is 0 Å². The van der Waals surface area contributed by atoms with Crippen LogP contribution >= 0.6 is 11.3 Å². The summed E-state index contributed by atoms with van der Waals surface area (Å²) < 4.78 is 0.968. The van der Waals surface area contributed by atoms with Crippen molar-refractivity contribution in [1.82, 2.24) is 0 Å². The molecule has 0 atom stereocenters. The van der Waals surface area contributed by atoms with Gasteiger partial charge in [0.2, 0.25) is 0 Å². The largest absolute Gasteiger partial charge is 0.477 e. The Labute approximate surface area is 73.1 Å². The van der Waals surface area contributed by atoms with Crippen molar-refractivity contribution in [2.75, 3.05) is 0 Å². The van der Waals surface area contributed by atoms with Crippen LogP contribution in [-0.2, 0) is 0 Å². The van der Waals surface area contributed by atoms with Gasteiger partial charge in [-0.2, -0.15) is 0 Å². The van der Waals surface area contributed by atoms with E-state index in [0.29, 0.717) is 4.88 Å². The Hall–Kier alpha value is -1.35. The van der Waals surface area contributed by atoms with E-state index < -0.39 is 5.97 Å². The average molecular weight is 177 g/mol. The second-order valence-corrected chi connectivity index (χ2v) is 3.45. The van der Waals surface area contributed by atoms with Crippen LogP contribution in [0.15, 0.2) is 24.3 Å². The van der Waals surface area contributed by atoms with Gasteiger partial charge in [-0.15, -0.1) is 11.3 Å². The van der Waals surface area contributed by atoms with Crippen molar-refractivity contribution in [1.29, 1.82) is 0 Å². The summed E-state index contributed by atoms with van der Waals surface area (Å²) in [6.45, 7) is 0. The van der Waals surface area contributed by atoms with Gasteiger partial charge in [0.15, 0.2) is 0 Å². The zero-order valence-corrected chi connectivity index (χ0v) is 6.89. The van der Waals surface area contributed by atoms with Gasteiger partial charge in [-0.25, -0.2) is 4.79 Å². The highest BCUT2D eigenvalue weighted by Crippen LogP contribution is 2.24. The van der Waals surface area contributed by atoms with Crippen LogP contribution in [0.25, 0.3) is 10.1 Å². The third-order valence-electron chi connectivity index (χ3n) is 1.55. The van der Waals surface area contributed by atoms with Crippen LogP contribution in [0.5, 0.6) is 0 Å². The van der Waals surface area contributed by atoms with Gasteiger partial charge < -0.3 is 5.11 Å². The monoisotopic (exact) mass is 177 g/mol. The van der Waals surface area contributed by atoms with Gasteiger partial charge in [0.05, 0.1) is 0 Å². The molecule has 1 heterocycles. The molecule has 0 fully saturated rings. The number of hydrogen-bond donors (Lipinski definition) is 1. The molecule has 0 unspecified atom stereocenters. The van der Waals surface area contributed by atoms with Crippen molar-refractivity contribution in [2.24, 2.45) is 0 Å². The molecule has 1 N–H and O–H groups in total. The van der Waals surface area contributed by atoms with Gasteiger partial charge in [-0.3, -0.25) is 0 Å². The van der Waals surface area contributed by atoms with E-state index in [1.807, 2.05) is 12.1 Å². The first-order chi connectivity index (χ1) is 5.77. The van der Waals surface area contributed by atoms with Gasteiger partial charge >= 0.3 is 5.97 Å². The summed E-state index contributed by atoms with van der Waals surface area (Å²) >= 11 is 1.27. The Bertz CT molecular complexity index is 398.